The van der Waals surface area contributed by atoms with Gasteiger partial charge in [0.15, 0.2) is 0 Å². The zero-order valence-electron chi connectivity index (χ0n) is 14.7. The molecule has 0 radical (unpaired) electrons. The number of hydrogen-bond acceptors (Lipinski definition) is 5. The molecule has 2 bridgehead atoms. The summed E-state index contributed by atoms with van der Waals surface area (Å²) in [6.45, 7) is -0.153. The second-order valence-electron chi connectivity index (χ2n) is 7.09. The van der Waals surface area contributed by atoms with E-state index in [1.165, 1.54) is 13.1 Å². The lowest BCUT2D eigenvalue weighted by molar-refractivity contribution is -0.137. The minimum absolute atomic E-state index is 0.153. The Morgan fingerprint density at radius 1 is 1.39 bits per heavy atom. The molecule has 4 atom stereocenters. The van der Waals surface area contributed by atoms with Gasteiger partial charge in [-0.1, -0.05) is 0 Å². The van der Waals surface area contributed by atoms with E-state index in [1.54, 1.807) is 0 Å². The summed E-state index contributed by atoms with van der Waals surface area (Å²) in [5.41, 5.74) is -2.03. The first kappa shape index (κ1) is 19.0. The summed E-state index contributed by atoms with van der Waals surface area (Å²) in [6.07, 6.45) is -5.11. The number of halogens is 3. The van der Waals surface area contributed by atoms with Crippen LogP contribution in [-0.2, 0) is 25.7 Å². The second kappa shape index (κ2) is 5.84. The standard InChI is InChI=1S/C17H16F3N3O4S/c1-22-15(24)16-12(13-4-5-14(16)27-13)8-23(28(16,25)26)10-3-2-9(7-21)11(6-10)17(18,19)20/h2-3,6,12-14H,4-5,8H2,1H3,(H,22,24)/t12-,13+,14-,16-/m1/s1. The maximum atomic E-state index is 13.4. The number of alkyl halides is 3. The molecule has 3 heterocycles. The molecule has 0 saturated carbocycles. The maximum absolute atomic E-state index is 13.4. The van der Waals surface area contributed by atoms with E-state index in [0.717, 1.165) is 16.4 Å². The summed E-state index contributed by atoms with van der Waals surface area (Å²) >= 11 is 0. The summed E-state index contributed by atoms with van der Waals surface area (Å²) in [4.78, 5) is 12.7. The van der Waals surface area contributed by atoms with Crippen LogP contribution in [-0.4, -0.2) is 44.9 Å². The largest absolute Gasteiger partial charge is 0.417 e. The molecule has 3 aliphatic rings. The van der Waals surface area contributed by atoms with Crippen LogP contribution in [0.3, 0.4) is 0 Å². The van der Waals surface area contributed by atoms with Crippen molar-refractivity contribution in [1.82, 2.24) is 5.32 Å². The van der Waals surface area contributed by atoms with E-state index in [-0.39, 0.29) is 12.2 Å². The molecule has 0 aromatic heterocycles. The van der Waals surface area contributed by atoms with Crippen molar-refractivity contribution in [3.05, 3.63) is 29.3 Å². The third-order valence-electron chi connectivity index (χ3n) is 5.91. The van der Waals surface area contributed by atoms with Crippen LogP contribution < -0.4 is 9.62 Å². The van der Waals surface area contributed by atoms with Crippen molar-refractivity contribution >= 4 is 21.6 Å². The highest BCUT2D eigenvalue weighted by atomic mass is 32.2. The summed E-state index contributed by atoms with van der Waals surface area (Å²) in [5.74, 6) is -1.39. The molecule has 28 heavy (non-hydrogen) atoms. The lowest BCUT2D eigenvalue weighted by atomic mass is 9.78. The molecular weight excluding hydrogens is 399 g/mol. The fourth-order valence-corrected chi connectivity index (χ4v) is 7.31. The zero-order chi connectivity index (χ0) is 20.5. The summed E-state index contributed by atoms with van der Waals surface area (Å²) < 4.78 is 71.5. The monoisotopic (exact) mass is 415 g/mol. The fourth-order valence-electron chi connectivity index (χ4n) is 4.75. The first-order valence-corrected chi connectivity index (χ1v) is 10.0. The van der Waals surface area contributed by atoms with Crippen molar-refractivity contribution in [3.8, 4) is 6.07 Å². The number of nitrogens with one attached hydrogen (secondary N) is 1. The highest BCUT2D eigenvalue weighted by Gasteiger charge is 2.76. The Labute approximate surface area is 159 Å². The predicted octanol–water partition coefficient (Wildman–Crippen LogP) is 1.39. The average molecular weight is 415 g/mol. The Kier molecular flexibility index (Phi) is 3.97. The van der Waals surface area contributed by atoms with E-state index in [0.29, 0.717) is 18.9 Å². The highest BCUT2D eigenvalue weighted by molar-refractivity contribution is 7.95. The molecule has 3 saturated heterocycles. The number of hydrogen-bond donors (Lipinski definition) is 1. The number of nitrogens with zero attached hydrogens (tertiary/aromatic N) is 2. The van der Waals surface area contributed by atoms with Crippen LogP contribution in [0.2, 0.25) is 0 Å². The van der Waals surface area contributed by atoms with Crippen LogP contribution in [0.4, 0.5) is 18.9 Å². The molecule has 150 valence electrons. The molecule has 1 aromatic carbocycles. The van der Waals surface area contributed by atoms with Gasteiger partial charge in [-0.2, -0.15) is 18.4 Å². The molecule has 7 nitrogen and oxygen atoms in total. The molecule has 1 N–H and O–H groups in total. The van der Waals surface area contributed by atoms with Crippen molar-refractivity contribution in [2.45, 2.75) is 36.0 Å². The Hall–Kier alpha value is -2.32. The van der Waals surface area contributed by atoms with Gasteiger partial charge in [-0.3, -0.25) is 9.10 Å². The predicted molar refractivity (Wildman–Crippen MR) is 90.6 cm³/mol. The Balaban J connectivity index is 1.86. The number of fused-ring (bicyclic) bond motifs is 5. The molecular formula is C17H16F3N3O4S. The topological polar surface area (TPSA) is 99.5 Å². The number of amides is 1. The second-order valence-corrected chi connectivity index (χ2v) is 9.16. The normalized spacial score (nSPS) is 32.8. The van der Waals surface area contributed by atoms with Gasteiger partial charge in [0, 0.05) is 19.5 Å². The van der Waals surface area contributed by atoms with Gasteiger partial charge in [-0.25, -0.2) is 8.42 Å². The van der Waals surface area contributed by atoms with Crippen LogP contribution in [0, 0.1) is 17.2 Å². The number of anilines is 1. The zero-order valence-corrected chi connectivity index (χ0v) is 15.5. The lowest BCUT2D eigenvalue weighted by Crippen LogP contribution is -2.60. The van der Waals surface area contributed by atoms with Crippen molar-refractivity contribution in [3.63, 3.8) is 0 Å². The van der Waals surface area contributed by atoms with Crippen molar-refractivity contribution in [2.75, 3.05) is 17.9 Å². The molecule has 3 fully saturated rings. The van der Waals surface area contributed by atoms with Crippen molar-refractivity contribution in [1.29, 1.82) is 5.26 Å². The van der Waals surface area contributed by atoms with Gasteiger partial charge in [-0.15, -0.1) is 0 Å². The van der Waals surface area contributed by atoms with E-state index < -0.39 is 56.1 Å². The summed E-state index contributed by atoms with van der Waals surface area (Å²) in [7, 11) is -3.04. The van der Waals surface area contributed by atoms with E-state index in [1.807, 2.05) is 0 Å². The first-order chi connectivity index (χ1) is 13.1. The lowest BCUT2D eigenvalue weighted by Gasteiger charge is -2.32. The third-order valence-corrected chi connectivity index (χ3v) is 8.45. The van der Waals surface area contributed by atoms with Crippen LogP contribution in [0.5, 0.6) is 0 Å². The van der Waals surface area contributed by atoms with Crippen LogP contribution in [0.1, 0.15) is 24.0 Å². The number of rotatable bonds is 2. The number of nitriles is 1. The molecule has 0 aliphatic carbocycles. The van der Waals surface area contributed by atoms with Gasteiger partial charge < -0.3 is 10.1 Å². The molecule has 1 aromatic rings. The Morgan fingerprint density at radius 2 is 2.11 bits per heavy atom. The van der Waals surface area contributed by atoms with Gasteiger partial charge in [0.1, 0.15) is 0 Å². The first-order valence-electron chi connectivity index (χ1n) is 8.60. The third kappa shape index (κ3) is 2.18. The molecule has 0 unspecified atom stereocenters. The SMILES string of the molecule is CNC(=O)[C@]12[C@H](CN(c3ccc(C#N)c(C(F)(F)F)c3)S1(=O)=O)[C@@H]1CC[C@H]2O1. The molecule has 4 rings (SSSR count). The quantitative estimate of drug-likeness (QED) is 0.787. The minimum atomic E-state index is -4.82. The molecule has 1 amide bonds. The van der Waals surface area contributed by atoms with Gasteiger partial charge in [0.2, 0.25) is 10.7 Å². The number of ether oxygens (including phenoxy) is 1. The van der Waals surface area contributed by atoms with E-state index in [2.05, 4.69) is 5.32 Å². The van der Waals surface area contributed by atoms with Crippen molar-refractivity contribution < 1.29 is 31.1 Å². The smallest absolute Gasteiger partial charge is 0.372 e. The minimum Gasteiger partial charge on any atom is -0.372 e. The number of sulfonamides is 1. The number of carbonyl (C=O) groups is 1. The molecule has 11 heteroatoms. The average Bonchev–Trinajstić information content (AvgIpc) is 3.30. The summed E-state index contributed by atoms with van der Waals surface area (Å²) in [6, 6.07) is 4.22. The molecule has 3 aliphatic heterocycles. The van der Waals surface area contributed by atoms with Gasteiger partial charge in [-0.05, 0) is 31.0 Å². The van der Waals surface area contributed by atoms with Gasteiger partial charge in [0.05, 0.1) is 35.1 Å². The fraction of sp³-hybridized carbons (Fsp3) is 0.529. The van der Waals surface area contributed by atoms with Crippen LogP contribution in [0.15, 0.2) is 18.2 Å². The van der Waals surface area contributed by atoms with E-state index in [9.17, 15) is 26.4 Å². The Bertz CT molecular complexity index is 1000. The number of carbonyl (C=O) groups excluding carboxylic acids is 1. The highest BCUT2D eigenvalue weighted by Crippen LogP contribution is 2.56. The van der Waals surface area contributed by atoms with Crippen LogP contribution in [0.25, 0.3) is 0 Å². The van der Waals surface area contributed by atoms with E-state index >= 15 is 0 Å². The van der Waals surface area contributed by atoms with Crippen LogP contribution >= 0.6 is 0 Å². The summed E-state index contributed by atoms with van der Waals surface area (Å²) in [5, 5.41) is 11.3. The Morgan fingerprint density at radius 3 is 2.71 bits per heavy atom. The van der Waals surface area contributed by atoms with Gasteiger partial charge in [0.25, 0.3) is 10.0 Å². The van der Waals surface area contributed by atoms with Gasteiger partial charge >= 0.3 is 6.18 Å². The van der Waals surface area contributed by atoms with Crippen molar-refractivity contribution in [2.24, 2.45) is 5.92 Å². The molecule has 0 spiro atoms. The number of benzene rings is 1. The maximum Gasteiger partial charge on any atom is 0.417 e. The van der Waals surface area contributed by atoms with E-state index in [4.69, 9.17) is 10.00 Å².